The molecule has 0 aliphatic carbocycles. The van der Waals surface area contributed by atoms with E-state index in [0.29, 0.717) is 18.8 Å². The lowest BCUT2D eigenvalue weighted by Crippen LogP contribution is -2.32. The van der Waals surface area contributed by atoms with Crippen LogP contribution < -0.4 is 10.5 Å². The summed E-state index contributed by atoms with van der Waals surface area (Å²) in [7, 11) is 0. The first-order chi connectivity index (χ1) is 12.6. The Morgan fingerprint density at radius 1 is 1.00 bits per heavy atom. The van der Waals surface area contributed by atoms with Crippen molar-refractivity contribution in [3.63, 3.8) is 0 Å². The van der Waals surface area contributed by atoms with Crippen molar-refractivity contribution < 1.29 is 18.7 Å². The predicted octanol–water partition coefficient (Wildman–Crippen LogP) is 4.36. The molecule has 0 amide bonds. The van der Waals surface area contributed by atoms with Crippen molar-refractivity contribution in [1.82, 2.24) is 0 Å². The molecule has 1 atom stereocenters. The summed E-state index contributed by atoms with van der Waals surface area (Å²) in [5, 5.41) is 0. The van der Waals surface area contributed by atoms with Crippen molar-refractivity contribution in [3.05, 3.63) is 65.5 Å². The van der Waals surface area contributed by atoms with Gasteiger partial charge in [0.15, 0.2) is 0 Å². The zero-order valence-corrected chi connectivity index (χ0v) is 15.1. The largest absolute Gasteiger partial charge is 0.489 e. The molecule has 2 rings (SSSR count). The fraction of sp³-hybridized carbons (Fsp3) is 0.381. The van der Waals surface area contributed by atoms with Gasteiger partial charge in [0.1, 0.15) is 30.8 Å². The van der Waals surface area contributed by atoms with Gasteiger partial charge in [0.25, 0.3) is 0 Å². The van der Waals surface area contributed by atoms with Crippen LogP contribution in [0, 0.1) is 5.82 Å². The second-order valence-corrected chi connectivity index (χ2v) is 6.27. The van der Waals surface area contributed by atoms with Crippen LogP contribution in [0.4, 0.5) is 4.39 Å². The number of benzene rings is 2. The van der Waals surface area contributed by atoms with Gasteiger partial charge in [-0.05, 0) is 41.8 Å². The van der Waals surface area contributed by atoms with Gasteiger partial charge in [-0.3, -0.25) is 4.79 Å². The van der Waals surface area contributed by atoms with Crippen molar-refractivity contribution >= 4 is 5.97 Å². The summed E-state index contributed by atoms with van der Waals surface area (Å²) >= 11 is 0. The molecule has 0 saturated carbocycles. The van der Waals surface area contributed by atoms with Gasteiger partial charge >= 0.3 is 5.97 Å². The SMILES string of the molecule is CCCCCC(N)C(=O)OCc1ccc(OCc2ccc(F)cc2)cc1. The minimum absolute atomic E-state index is 0.193. The van der Waals surface area contributed by atoms with E-state index < -0.39 is 6.04 Å². The van der Waals surface area contributed by atoms with Gasteiger partial charge in [-0.25, -0.2) is 4.39 Å². The fourth-order valence-corrected chi connectivity index (χ4v) is 2.42. The van der Waals surface area contributed by atoms with Gasteiger partial charge in [0.05, 0.1) is 0 Å². The first kappa shape index (κ1) is 19.9. The van der Waals surface area contributed by atoms with Crippen molar-refractivity contribution in [1.29, 1.82) is 0 Å². The first-order valence-electron chi connectivity index (χ1n) is 8.97. The highest BCUT2D eigenvalue weighted by atomic mass is 19.1. The third-order valence-electron chi connectivity index (χ3n) is 4.04. The van der Waals surface area contributed by atoms with Gasteiger partial charge < -0.3 is 15.2 Å². The van der Waals surface area contributed by atoms with Gasteiger partial charge in [0.2, 0.25) is 0 Å². The summed E-state index contributed by atoms with van der Waals surface area (Å²) in [6.45, 7) is 2.66. The topological polar surface area (TPSA) is 61.6 Å². The zero-order chi connectivity index (χ0) is 18.8. The summed E-state index contributed by atoms with van der Waals surface area (Å²) in [6.07, 6.45) is 3.76. The third kappa shape index (κ3) is 6.84. The summed E-state index contributed by atoms with van der Waals surface area (Å²) in [5.41, 5.74) is 7.59. The Morgan fingerprint density at radius 2 is 1.62 bits per heavy atom. The average molecular weight is 359 g/mol. The molecule has 5 heteroatoms. The van der Waals surface area contributed by atoms with E-state index in [4.69, 9.17) is 15.2 Å². The van der Waals surface area contributed by atoms with Crippen LogP contribution in [0.3, 0.4) is 0 Å². The molecule has 2 N–H and O–H groups in total. The lowest BCUT2D eigenvalue weighted by Gasteiger charge is -2.12. The van der Waals surface area contributed by atoms with Crippen LogP contribution in [0.1, 0.15) is 43.7 Å². The molecule has 26 heavy (non-hydrogen) atoms. The third-order valence-corrected chi connectivity index (χ3v) is 4.04. The lowest BCUT2D eigenvalue weighted by molar-refractivity contribution is -0.146. The van der Waals surface area contributed by atoms with Gasteiger partial charge in [-0.15, -0.1) is 0 Å². The number of hydrogen-bond acceptors (Lipinski definition) is 4. The maximum absolute atomic E-state index is 12.9. The molecule has 0 bridgehead atoms. The minimum atomic E-state index is -0.556. The highest BCUT2D eigenvalue weighted by Gasteiger charge is 2.14. The molecule has 0 radical (unpaired) electrons. The molecule has 0 heterocycles. The Kier molecular flexibility index (Phi) is 8.09. The normalized spacial score (nSPS) is 11.8. The van der Waals surface area contributed by atoms with Crippen LogP contribution in [0.15, 0.2) is 48.5 Å². The molecule has 2 aromatic rings. The molecule has 0 aliphatic heterocycles. The van der Waals surface area contributed by atoms with Crippen LogP contribution in [0.2, 0.25) is 0 Å². The van der Waals surface area contributed by atoms with Crippen molar-refractivity contribution in [3.8, 4) is 5.75 Å². The van der Waals surface area contributed by atoms with Crippen molar-refractivity contribution in [2.75, 3.05) is 0 Å². The Bertz CT molecular complexity index is 671. The molecule has 0 saturated heterocycles. The van der Waals surface area contributed by atoms with E-state index >= 15 is 0 Å². The minimum Gasteiger partial charge on any atom is -0.489 e. The molecule has 2 aromatic carbocycles. The number of unbranched alkanes of at least 4 members (excludes halogenated alkanes) is 2. The first-order valence-corrected chi connectivity index (χ1v) is 8.97. The maximum atomic E-state index is 12.9. The predicted molar refractivity (Wildman–Crippen MR) is 99.1 cm³/mol. The van der Waals surface area contributed by atoms with Crippen molar-refractivity contribution in [2.24, 2.45) is 5.73 Å². The number of hydrogen-bond donors (Lipinski definition) is 1. The lowest BCUT2D eigenvalue weighted by atomic mass is 10.1. The molecule has 140 valence electrons. The molecular formula is C21H26FNO3. The van der Waals surface area contributed by atoms with Gasteiger partial charge in [-0.1, -0.05) is 50.5 Å². The maximum Gasteiger partial charge on any atom is 0.323 e. The fourth-order valence-electron chi connectivity index (χ4n) is 2.42. The van der Waals surface area contributed by atoms with Crippen LogP contribution in [0.25, 0.3) is 0 Å². The van der Waals surface area contributed by atoms with Crippen LogP contribution in [-0.2, 0) is 22.7 Å². The highest BCUT2D eigenvalue weighted by molar-refractivity contribution is 5.75. The van der Waals surface area contributed by atoms with Gasteiger partial charge in [-0.2, -0.15) is 0 Å². The number of nitrogens with two attached hydrogens (primary N) is 1. The second-order valence-electron chi connectivity index (χ2n) is 6.27. The van der Waals surface area contributed by atoms with E-state index in [0.717, 1.165) is 30.4 Å². The average Bonchev–Trinajstić information content (AvgIpc) is 2.66. The molecule has 0 spiro atoms. The molecule has 4 nitrogen and oxygen atoms in total. The van der Waals surface area contributed by atoms with Crippen molar-refractivity contribution in [2.45, 2.75) is 51.9 Å². The molecule has 0 aromatic heterocycles. The number of rotatable bonds is 10. The second kappa shape index (κ2) is 10.6. The molecule has 0 fully saturated rings. The smallest absolute Gasteiger partial charge is 0.323 e. The summed E-state index contributed by atoms with van der Waals surface area (Å²) < 4.78 is 23.8. The van der Waals surface area contributed by atoms with Gasteiger partial charge in [0, 0.05) is 0 Å². The quantitative estimate of drug-likeness (QED) is 0.506. The molecule has 0 aliphatic rings. The Labute approximate surface area is 154 Å². The van der Waals surface area contributed by atoms with E-state index in [1.54, 1.807) is 12.1 Å². The highest BCUT2D eigenvalue weighted by Crippen LogP contribution is 2.15. The van der Waals surface area contributed by atoms with E-state index in [2.05, 4.69) is 6.92 Å². The van der Waals surface area contributed by atoms with E-state index in [1.165, 1.54) is 12.1 Å². The van der Waals surface area contributed by atoms with E-state index in [9.17, 15) is 9.18 Å². The number of halogens is 1. The monoisotopic (exact) mass is 359 g/mol. The van der Waals surface area contributed by atoms with Crippen LogP contribution in [0.5, 0.6) is 5.75 Å². The Hall–Kier alpha value is -2.40. The molecule has 1 unspecified atom stereocenters. The van der Waals surface area contributed by atoms with E-state index in [-0.39, 0.29) is 18.4 Å². The number of ether oxygens (including phenoxy) is 2. The molecular weight excluding hydrogens is 333 g/mol. The Morgan fingerprint density at radius 3 is 2.27 bits per heavy atom. The number of carbonyl (C=O) groups excluding carboxylic acids is 1. The van der Waals surface area contributed by atoms with E-state index in [1.807, 2.05) is 24.3 Å². The van der Waals surface area contributed by atoms with Crippen LogP contribution >= 0.6 is 0 Å². The summed E-state index contributed by atoms with van der Waals surface area (Å²) in [5.74, 6) is 0.0659. The summed E-state index contributed by atoms with van der Waals surface area (Å²) in [4.78, 5) is 11.9. The summed E-state index contributed by atoms with van der Waals surface area (Å²) in [6, 6.07) is 12.9. The van der Waals surface area contributed by atoms with Crippen LogP contribution in [-0.4, -0.2) is 12.0 Å². The standard InChI is InChI=1S/C21H26FNO3/c1-2-3-4-5-20(23)21(24)26-15-17-8-12-19(13-9-17)25-14-16-6-10-18(22)11-7-16/h6-13,20H,2-5,14-15,23H2,1H3. The number of esters is 1. The number of carbonyl (C=O) groups is 1. The Balaban J connectivity index is 1.74. The zero-order valence-electron chi connectivity index (χ0n) is 15.1.